The number of nitrogens with zero attached hydrogens (tertiary/aromatic N) is 2. The molecule has 15 heteroatoms. The van der Waals surface area contributed by atoms with Crippen molar-refractivity contribution in [2.75, 3.05) is 6.73 Å². The number of benzene rings is 2. The largest absolute Gasteiger partial charge is 0.474 e. The Labute approximate surface area is 232 Å². The maximum Gasteiger partial charge on any atom is 0.474 e. The van der Waals surface area contributed by atoms with Crippen molar-refractivity contribution in [3.63, 3.8) is 0 Å². The second kappa shape index (κ2) is 11.2. The van der Waals surface area contributed by atoms with E-state index in [9.17, 15) is 42.1 Å². The summed E-state index contributed by atoms with van der Waals surface area (Å²) in [6, 6.07) is 7.02. The Morgan fingerprint density at radius 3 is 2.51 bits per heavy atom. The summed E-state index contributed by atoms with van der Waals surface area (Å²) in [5, 5.41) is 13.1. The van der Waals surface area contributed by atoms with E-state index in [1.165, 1.54) is 17.0 Å². The number of aliphatic hydroxyl groups is 1. The molecule has 2 aromatic rings. The molecule has 3 N–H and O–H groups in total. The maximum absolute atomic E-state index is 14.5. The summed E-state index contributed by atoms with van der Waals surface area (Å²) in [5.41, 5.74) is 0.608. The van der Waals surface area contributed by atoms with E-state index < -0.39 is 61.8 Å². The van der Waals surface area contributed by atoms with Gasteiger partial charge in [-0.1, -0.05) is 12.1 Å². The topological polar surface area (TPSA) is 146 Å². The highest BCUT2D eigenvalue weighted by atomic mass is 31.2. The summed E-state index contributed by atoms with van der Waals surface area (Å²) in [6.07, 6.45) is -0.587. The van der Waals surface area contributed by atoms with Crippen LogP contribution in [0.15, 0.2) is 42.5 Å². The van der Waals surface area contributed by atoms with E-state index in [0.717, 1.165) is 29.2 Å². The predicted molar refractivity (Wildman–Crippen MR) is 134 cm³/mol. The highest BCUT2D eigenvalue weighted by Gasteiger charge is 2.44. The Morgan fingerprint density at radius 2 is 1.83 bits per heavy atom. The Kier molecular flexibility index (Phi) is 7.96. The van der Waals surface area contributed by atoms with Crippen LogP contribution >= 0.6 is 7.82 Å². The molecule has 41 heavy (non-hydrogen) atoms. The van der Waals surface area contributed by atoms with Gasteiger partial charge in [-0.3, -0.25) is 28.3 Å². The van der Waals surface area contributed by atoms with Gasteiger partial charge in [0.1, 0.15) is 12.5 Å². The molecule has 1 saturated heterocycles. The molecule has 0 bridgehead atoms. The smallest absolute Gasteiger partial charge is 0.371 e. The van der Waals surface area contributed by atoms with Gasteiger partial charge in [-0.05, 0) is 60.7 Å². The number of nitrogens with one attached hydrogen (secondary N) is 1. The highest BCUT2D eigenvalue weighted by molar-refractivity contribution is 7.47. The average molecular weight is 597 g/mol. The number of hydrogen-bond acceptors (Lipinski definition) is 7. The van der Waals surface area contributed by atoms with Crippen LogP contribution in [-0.2, 0) is 42.2 Å². The van der Waals surface area contributed by atoms with Crippen molar-refractivity contribution in [2.24, 2.45) is 0 Å². The lowest BCUT2D eigenvalue weighted by molar-refractivity contribution is -0.162. The van der Waals surface area contributed by atoms with Crippen molar-refractivity contribution in [3.8, 4) is 0 Å². The average Bonchev–Trinajstić information content (AvgIpc) is 3.67. The fourth-order valence-electron chi connectivity index (χ4n) is 4.77. The number of likely N-dealkylation sites (tertiary alicyclic amines) is 1. The number of rotatable bonds is 10. The van der Waals surface area contributed by atoms with Crippen LogP contribution in [0.4, 0.5) is 13.2 Å². The summed E-state index contributed by atoms with van der Waals surface area (Å²) >= 11 is 0. The molecule has 1 saturated carbocycles. The van der Waals surface area contributed by atoms with Crippen LogP contribution in [-0.4, -0.2) is 62.6 Å². The van der Waals surface area contributed by atoms with Gasteiger partial charge in [-0.25, -0.2) is 8.96 Å². The van der Waals surface area contributed by atoms with Gasteiger partial charge in [-0.15, -0.1) is 0 Å². The van der Waals surface area contributed by atoms with E-state index in [0.29, 0.717) is 29.5 Å². The predicted octanol–water partition coefficient (Wildman–Crippen LogP) is 2.75. The summed E-state index contributed by atoms with van der Waals surface area (Å²) in [5.74, 6) is -7.14. The minimum atomic E-state index is -4.44. The number of aliphatic hydroxyl groups excluding tert-OH is 1. The van der Waals surface area contributed by atoms with Gasteiger partial charge >= 0.3 is 13.7 Å². The SMILES string of the molecule is O=C1CCC(N2Cc3cc(CNC(=O)C(F)(F)c4ccc(F)cc4)ccc3C2=O)C(O)N1COP(=O)(O)OC1CC1. The lowest BCUT2D eigenvalue weighted by Gasteiger charge is -2.41. The summed E-state index contributed by atoms with van der Waals surface area (Å²) in [4.78, 5) is 49.8. The number of amides is 3. The Hall–Kier alpha value is -3.29. The molecule has 3 atom stereocenters. The lowest BCUT2D eigenvalue weighted by atomic mass is 10.0. The molecule has 2 fully saturated rings. The van der Waals surface area contributed by atoms with E-state index in [2.05, 4.69) is 5.32 Å². The Balaban J connectivity index is 1.21. The first-order valence-electron chi connectivity index (χ1n) is 12.8. The van der Waals surface area contributed by atoms with Crippen LogP contribution in [0.5, 0.6) is 0 Å². The zero-order valence-corrected chi connectivity index (χ0v) is 22.4. The van der Waals surface area contributed by atoms with Gasteiger partial charge in [0.25, 0.3) is 11.8 Å². The molecule has 3 unspecified atom stereocenters. The van der Waals surface area contributed by atoms with E-state index in [1.54, 1.807) is 6.07 Å². The van der Waals surface area contributed by atoms with Crippen molar-refractivity contribution in [2.45, 2.75) is 63.1 Å². The quantitative estimate of drug-likeness (QED) is 0.355. The van der Waals surface area contributed by atoms with Crippen LogP contribution in [0.1, 0.15) is 52.7 Å². The summed E-state index contributed by atoms with van der Waals surface area (Å²) in [6.45, 7) is -0.944. The number of carbonyl (C=O) groups is 3. The monoisotopic (exact) mass is 597 g/mol. The maximum atomic E-state index is 14.5. The standard InChI is InChI=1S/C26H27F3N3O8P/c27-18-4-2-17(3-5-18)26(28,29)25(36)30-12-15-1-8-20-16(11-15)13-31(23(20)34)21-9-10-22(33)32(24(21)35)14-39-41(37,38)40-19-6-7-19/h1-5,8,11,19,21,24,35H,6-7,9-10,12-14H2,(H,30,36)(H,37,38). The second-order valence-corrected chi connectivity index (χ2v) is 11.5. The minimum absolute atomic E-state index is 0.0373. The third kappa shape index (κ3) is 6.31. The fraction of sp³-hybridized carbons (Fsp3) is 0.423. The van der Waals surface area contributed by atoms with Crippen LogP contribution < -0.4 is 5.32 Å². The van der Waals surface area contributed by atoms with E-state index in [1.807, 2.05) is 0 Å². The van der Waals surface area contributed by atoms with Crippen LogP contribution in [0.2, 0.25) is 0 Å². The van der Waals surface area contributed by atoms with Gasteiger partial charge in [0.05, 0.1) is 12.1 Å². The third-order valence-electron chi connectivity index (χ3n) is 7.15. The lowest BCUT2D eigenvalue weighted by Crippen LogP contribution is -2.57. The molecule has 2 heterocycles. The number of alkyl halides is 2. The van der Waals surface area contributed by atoms with Crippen LogP contribution in [0, 0.1) is 5.82 Å². The van der Waals surface area contributed by atoms with Crippen molar-refractivity contribution < 1.29 is 51.2 Å². The number of phosphoric ester groups is 1. The molecule has 11 nitrogen and oxygen atoms in total. The summed E-state index contributed by atoms with van der Waals surface area (Å²) in [7, 11) is -4.44. The number of halogens is 3. The second-order valence-electron chi connectivity index (χ2n) is 10.1. The highest BCUT2D eigenvalue weighted by Crippen LogP contribution is 2.49. The molecule has 1 aliphatic carbocycles. The van der Waals surface area contributed by atoms with Crippen molar-refractivity contribution in [1.29, 1.82) is 0 Å². The van der Waals surface area contributed by atoms with Gasteiger partial charge < -0.3 is 20.2 Å². The molecule has 3 amide bonds. The molecular formula is C26H27F3N3O8P. The first-order chi connectivity index (χ1) is 19.4. The molecular weight excluding hydrogens is 570 g/mol. The molecule has 0 radical (unpaired) electrons. The number of carbonyl (C=O) groups excluding carboxylic acids is 3. The Bertz CT molecular complexity index is 1400. The van der Waals surface area contributed by atoms with E-state index in [-0.39, 0.29) is 32.0 Å². The van der Waals surface area contributed by atoms with Crippen LogP contribution in [0.3, 0.4) is 0 Å². The minimum Gasteiger partial charge on any atom is -0.371 e. The normalized spacial score (nSPS) is 22.5. The number of phosphoric acid groups is 1. The van der Waals surface area contributed by atoms with Gasteiger partial charge in [0.15, 0.2) is 6.23 Å². The molecule has 5 rings (SSSR count). The molecule has 0 aromatic heterocycles. The zero-order chi connectivity index (χ0) is 29.5. The number of fused-ring (bicyclic) bond motifs is 1. The number of piperidine rings is 1. The van der Waals surface area contributed by atoms with Crippen molar-refractivity contribution >= 4 is 25.5 Å². The first-order valence-corrected chi connectivity index (χ1v) is 14.3. The zero-order valence-electron chi connectivity index (χ0n) is 21.5. The molecule has 2 aliphatic heterocycles. The number of hydrogen-bond donors (Lipinski definition) is 3. The van der Waals surface area contributed by atoms with E-state index in [4.69, 9.17) is 9.05 Å². The van der Waals surface area contributed by atoms with Crippen molar-refractivity contribution in [3.05, 3.63) is 70.5 Å². The van der Waals surface area contributed by atoms with Gasteiger partial charge in [0, 0.05) is 30.6 Å². The van der Waals surface area contributed by atoms with Gasteiger partial charge in [-0.2, -0.15) is 8.78 Å². The summed E-state index contributed by atoms with van der Waals surface area (Å²) < 4.78 is 64.0. The van der Waals surface area contributed by atoms with Crippen LogP contribution in [0.25, 0.3) is 0 Å². The molecule has 3 aliphatic rings. The molecule has 2 aromatic carbocycles. The van der Waals surface area contributed by atoms with Gasteiger partial charge in [0.2, 0.25) is 5.91 Å². The third-order valence-corrected chi connectivity index (χ3v) is 8.16. The molecule has 0 spiro atoms. The van der Waals surface area contributed by atoms with E-state index >= 15 is 0 Å². The van der Waals surface area contributed by atoms with Crippen molar-refractivity contribution in [1.82, 2.24) is 15.1 Å². The first kappa shape index (κ1) is 29.2. The Morgan fingerprint density at radius 1 is 1.12 bits per heavy atom. The fourth-order valence-corrected chi connectivity index (χ4v) is 5.69. The molecule has 220 valence electrons.